The lowest BCUT2D eigenvalue weighted by atomic mass is 9.83. The Morgan fingerprint density at radius 3 is 1.03 bits per heavy atom. The van der Waals surface area contributed by atoms with E-state index in [2.05, 4.69) is 72.8 Å². The molecule has 0 saturated carbocycles. The summed E-state index contributed by atoms with van der Waals surface area (Å²) >= 11 is 0. The Morgan fingerprint density at radius 1 is 0.353 bits per heavy atom. The summed E-state index contributed by atoms with van der Waals surface area (Å²) in [4.78, 5) is 0. The number of rotatable bonds is 4. The van der Waals surface area contributed by atoms with Gasteiger partial charge >= 0.3 is 0 Å². The summed E-state index contributed by atoms with van der Waals surface area (Å²) in [6, 6.07) is 45.0. The first-order valence-electron chi connectivity index (χ1n) is 11.1. The fourth-order valence-electron chi connectivity index (χ4n) is 4.34. The molecule has 0 aliphatic carbocycles. The smallest absolute Gasteiger partial charge is 0.0991 e. The second kappa shape index (κ2) is 9.29. The minimum atomic E-state index is 0.641. The van der Waals surface area contributed by atoms with Crippen molar-refractivity contribution in [2.24, 2.45) is 0 Å². The third kappa shape index (κ3) is 3.97. The molecule has 0 heterocycles. The molecular weight excluding hydrogens is 412 g/mol. The molecule has 0 fully saturated rings. The quantitative estimate of drug-likeness (QED) is 0.288. The Labute approximate surface area is 199 Å². The van der Waals surface area contributed by atoms with E-state index in [4.69, 9.17) is 0 Å². The summed E-state index contributed by atoms with van der Waals surface area (Å²) < 4.78 is 0. The lowest BCUT2D eigenvalue weighted by Crippen LogP contribution is -1.94. The van der Waals surface area contributed by atoms with Crippen LogP contribution in [-0.2, 0) is 0 Å². The van der Waals surface area contributed by atoms with Gasteiger partial charge in [0.05, 0.1) is 23.3 Å². The molecular formula is C32H20N2. The van der Waals surface area contributed by atoms with E-state index in [-0.39, 0.29) is 0 Å². The van der Waals surface area contributed by atoms with Gasteiger partial charge in [-0.2, -0.15) is 10.5 Å². The molecule has 34 heavy (non-hydrogen) atoms. The van der Waals surface area contributed by atoms with Gasteiger partial charge in [-0.3, -0.25) is 0 Å². The predicted octanol–water partition coefficient (Wildman–Crippen LogP) is 8.10. The normalized spacial score (nSPS) is 10.3. The standard InChI is InChI=1S/C32H20N2/c33-21-23-11-15-25(16-12-23)29-19-20-30(26-17-13-24(22-34)14-18-26)32(28-9-5-2-6-10-28)31(29)27-7-3-1-4-8-27/h1-20H. The van der Waals surface area contributed by atoms with Gasteiger partial charge in [0, 0.05) is 0 Å². The highest BCUT2D eigenvalue weighted by atomic mass is 14.3. The SMILES string of the molecule is N#Cc1ccc(-c2ccc(-c3ccc(C#N)cc3)c(-c3ccccc3)c2-c2ccccc2)cc1. The molecule has 0 aliphatic rings. The van der Waals surface area contributed by atoms with Crippen molar-refractivity contribution in [2.45, 2.75) is 0 Å². The van der Waals surface area contributed by atoms with Crippen LogP contribution in [-0.4, -0.2) is 0 Å². The van der Waals surface area contributed by atoms with E-state index in [1.54, 1.807) is 0 Å². The van der Waals surface area contributed by atoms with Gasteiger partial charge in [0.2, 0.25) is 0 Å². The zero-order chi connectivity index (χ0) is 23.3. The van der Waals surface area contributed by atoms with Gasteiger partial charge in [-0.25, -0.2) is 0 Å². The Bertz CT molecular complexity index is 1400. The molecule has 2 heteroatoms. The van der Waals surface area contributed by atoms with Gasteiger partial charge in [0.1, 0.15) is 0 Å². The Kier molecular flexibility index (Phi) is 5.73. The van der Waals surface area contributed by atoms with Crippen LogP contribution >= 0.6 is 0 Å². The van der Waals surface area contributed by atoms with E-state index in [9.17, 15) is 10.5 Å². The summed E-state index contributed by atoms with van der Waals surface area (Å²) in [7, 11) is 0. The Morgan fingerprint density at radius 2 is 0.706 bits per heavy atom. The van der Waals surface area contributed by atoms with Gasteiger partial charge < -0.3 is 0 Å². The molecule has 0 aromatic heterocycles. The third-order valence-electron chi connectivity index (χ3n) is 5.98. The second-order valence-electron chi connectivity index (χ2n) is 8.02. The predicted molar refractivity (Wildman–Crippen MR) is 138 cm³/mol. The molecule has 0 amide bonds. The zero-order valence-electron chi connectivity index (χ0n) is 18.4. The first-order chi connectivity index (χ1) is 16.8. The molecule has 0 atom stereocenters. The van der Waals surface area contributed by atoms with Gasteiger partial charge in [-0.1, -0.05) is 97.1 Å². The summed E-state index contributed by atoms with van der Waals surface area (Å²) in [5.74, 6) is 0. The van der Waals surface area contributed by atoms with Gasteiger partial charge in [0.15, 0.2) is 0 Å². The van der Waals surface area contributed by atoms with Crippen LogP contribution in [0.4, 0.5) is 0 Å². The van der Waals surface area contributed by atoms with Crippen molar-refractivity contribution >= 4 is 0 Å². The van der Waals surface area contributed by atoms with Crippen LogP contribution in [0.3, 0.4) is 0 Å². The number of hydrogen-bond donors (Lipinski definition) is 0. The highest BCUT2D eigenvalue weighted by Gasteiger charge is 2.19. The van der Waals surface area contributed by atoms with Crippen LogP contribution in [0.2, 0.25) is 0 Å². The molecule has 5 aromatic rings. The average Bonchev–Trinajstić information content (AvgIpc) is 2.93. The molecule has 5 aromatic carbocycles. The van der Waals surface area contributed by atoms with Crippen molar-refractivity contribution in [2.75, 3.05) is 0 Å². The van der Waals surface area contributed by atoms with Crippen LogP contribution in [0.1, 0.15) is 11.1 Å². The summed E-state index contributed by atoms with van der Waals surface area (Å²) in [5.41, 5.74) is 10.1. The Hall–Kier alpha value is -4.92. The van der Waals surface area contributed by atoms with Crippen molar-refractivity contribution < 1.29 is 0 Å². The fourth-order valence-corrected chi connectivity index (χ4v) is 4.34. The molecule has 0 radical (unpaired) electrons. The first kappa shape index (κ1) is 21.0. The number of nitrogens with zero attached hydrogens (tertiary/aromatic N) is 2. The fraction of sp³-hybridized carbons (Fsp3) is 0. The first-order valence-corrected chi connectivity index (χ1v) is 11.1. The highest BCUT2D eigenvalue weighted by Crippen LogP contribution is 2.45. The molecule has 5 rings (SSSR count). The molecule has 0 aliphatic heterocycles. The molecule has 0 N–H and O–H groups in total. The van der Waals surface area contributed by atoms with Crippen LogP contribution < -0.4 is 0 Å². The highest BCUT2D eigenvalue weighted by molar-refractivity contribution is 6.01. The average molecular weight is 433 g/mol. The number of benzene rings is 5. The summed E-state index contributed by atoms with van der Waals surface area (Å²) in [6.07, 6.45) is 0. The maximum atomic E-state index is 9.25. The zero-order valence-corrected chi connectivity index (χ0v) is 18.4. The lowest BCUT2D eigenvalue weighted by molar-refractivity contribution is 1.47. The summed E-state index contributed by atoms with van der Waals surface area (Å²) in [5, 5.41) is 18.5. The molecule has 0 saturated heterocycles. The van der Waals surface area contributed by atoms with Crippen LogP contribution in [0.15, 0.2) is 121 Å². The summed E-state index contributed by atoms with van der Waals surface area (Å²) in [6.45, 7) is 0. The van der Waals surface area contributed by atoms with E-state index in [0.717, 1.165) is 44.5 Å². The maximum absolute atomic E-state index is 9.25. The van der Waals surface area contributed by atoms with E-state index in [1.807, 2.05) is 60.7 Å². The molecule has 2 nitrogen and oxygen atoms in total. The van der Waals surface area contributed by atoms with E-state index in [0.29, 0.717) is 11.1 Å². The topological polar surface area (TPSA) is 47.6 Å². The maximum Gasteiger partial charge on any atom is 0.0991 e. The largest absolute Gasteiger partial charge is 0.192 e. The number of hydrogen-bond acceptors (Lipinski definition) is 2. The van der Waals surface area contributed by atoms with Gasteiger partial charge in [-0.05, 0) is 68.8 Å². The monoisotopic (exact) mass is 432 g/mol. The van der Waals surface area contributed by atoms with Crippen molar-refractivity contribution in [3.8, 4) is 56.6 Å². The minimum Gasteiger partial charge on any atom is -0.192 e. The molecule has 0 bridgehead atoms. The van der Waals surface area contributed by atoms with Gasteiger partial charge in [0.25, 0.3) is 0 Å². The molecule has 0 spiro atoms. The molecule has 158 valence electrons. The van der Waals surface area contributed by atoms with Crippen LogP contribution in [0.25, 0.3) is 44.5 Å². The van der Waals surface area contributed by atoms with Crippen molar-refractivity contribution in [1.29, 1.82) is 10.5 Å². The Balaban J connectivity index is 1.86. The van der Waals surface area contributed by atoms with Crippen molar-refractivity contribution in [3.63, 3.8) is 0 Å². The van der Waals surface area contributed by atoms with E-state index >= 15 is 0 Å². The van der Waals surface area contributed by atoms with E-state index in [1.165, 1.54) is 0 Å². The van der Waals surface area contributed by atoms with Crippen LogP contribution in [0, 0.1) is 22.7 Å². The van der Waals surface area contributed by atoms with Crippen LogP contribution in [0.5, 0.6) is 0 Å². The second-order valence-corrected chi connectivity index (χ2v) is 8.02. The van der Waals surface area contributed by atoms with E-state index < -0.39 is 0 Å². The lowest BCUT2D eigenvalue weighted by Gasteiger charge is -2.20. The van der Waals surface area contributed by atoms with Gasteiger partial charge in [-0.15, -0.1) is 0 Å². The molecule has 0 unspecified atom stereocenters. The van der Waals surface area contributed by atoms with Crippen molar-refractivity contribution in [3.05, 3.63) is 132 Å². The minimum absolute atomic E-state index is 0.641. The van der Waals surface area contributed by atoms with Crippen molar-refractivity contribution in [1.82, 2.24) is 0 Å². The number of nitriles is 2. The third-order valence-corrected chi connectivity index (χ3v) is 5.98.